The summed E-state index contributed by atoms with van der Waals surface area (Å²) in [4.78, 5) is 0. The Morgan fingerprint density at radius 1 is 0.540 bits per heavy atom. The molecular formula is C48H36N2. The first-order chi connectivity index (χ1) is 24.8. The van der Waals surface area contributed by atoms with Crippen LogP contribution in [0.1, 0.15) is 35.6 Å². The topological polar surface area (TPSA) is 9.86 Å². The minimum absolute atomic E-state index is 0.294. The Bertz CT molecular complexity index is 2650. The van der Waals surface area contributed by atoms with Crippen LogP contribution in [0.4, 0.5) is 0 Å². The molecule has 238 valence electrons. The van der Waals surface area contributed by atoms with Crippen LogP contribution in [-0.4, -0.2) is 9.13 Å². The summed E-state index contributed by atoms with van der Waals surface area (Å²) in [6, 6.07) is 53.4. The summed E-state index contributed by atoms with van der Waals surface area (Å²) in [5.41, 5.74) is 15.4. The quantitative estimate of drug-likeness (QED) is 0.177. The second-order valence-corrected chi connectivity index (χ2v) is 13.6. The lowest BCUT2D eigenvalue weighted by Crippen LogP contribution is -2.12. The number of aromatic nitrogens is 2. The molecular weight excluding hydrogens is 605 g/mol. The monoisotopic (exact) mass is 640 g/mol. The summed E-state index contributed by atoms with van der Waals surface area (Å²) in [7, 11) is 0. The average molecular weight is 641 g/mol. The van der Waals surface area contributed by atoms with Crippen LogP contribution in [-0.2, 0) is 6.42 Å². The fourth-order valence-corrected chi connectivity index (χ4v) is 8.47. The Kier molecular flexibility index (Phi) is 6.80. The summed E-state index contributed by atoms with van der Waals surface area (Å²) < 4.78 is 5.11. The van der Waals surface area contributed by atoms with Crippen molar-refractivity contribution in [3.8, 4) is 27.9 Å². The van der Waals surface area contributed by atoms with Gasteiger partial charge in [0.2, 0.25) is 0 Å². The van der Waals surface area contributed by atoms with Crippen LogP contribution in [0, 0.1) is 0 Å². The van der Waals surface area contributed by atoms with Gasteiger partial charge in [0.1, 0.15) is 0 Å². The standard InChI is InChI=1S/C48H36N2/c1-3-14-33(15-4-1)34-26-28-35(29-27-34)37-18-13-19-38(32-37)49-44-24-11-8-21-40(44)41-30-31-46-47(48(41)49)42-22-9-12-25-45(42)50(46)43-23-10-7-20-39(43)36-16-5-2-6-17-36/h1-8,10-19,21,23-32,39H,9,20,22H2. The van der Waals surface area contributed by atoms with Crippen LogP contribution in [0.15, 0.2) is 170 Å². The van der Waals surface area contributed by atoms with Crippen molar-refractivity contribution >= 4 is 44.5 Å². The van der Waals surface area contributed by atoms with Crippen LogP contribution in [0.3, 0.4) is 0 Å². The number of para-hydroxylation sites is 1. The van der Waals surface area contributed by atoms with Crippen molar-refractivity contribution in [3.05, 3.63) is 187 Å². The zero-order chi connectivity index (χ0) is 33.0. The first-order valence-corrected chi connectivity index (χ1v) is 17.8. The minimum Gasteiger partial charge on any atom is -0.313 e. The molecule has 0 saturated heterocycles. The smallest absolute Gasteiger partial charge is 0.0638 e. The van der Waals surface area contributed by atoms with Gasteiger partial charge in [-0.3, -0.25) is 0 Å². The van der Waals surface area contributed by atoms with Crippen molar-refractivity contribution < 1.29 is 0 Å². The molecule has 0 spiro atoms. The van der Waals surface area contributed by atoms with Gasteiger partial charge in [0.15, 0.2) is 0 Å². The zero-order valence-corrected chi connectivity index (χ0v) is 27.8. The number of hydrogen-bond donors (Lipinski definition) is 0. The predicted octanol–water partition coefficient (Wildman–Crippen LogP) is 12.6. The molecule has 50 heavy (non-hydrogen) atoms. The second kappa shape index (κ2) is 11.8. The molecule has 0 bridgehead atoms. The molecule has 1 atom stereocenters. The van der Waals surface area contributed by atoms with E-state index in [0.717, 1.165) is 19.3 Å². The fourth-order valence-electron chi connectivity index (χ4n) is 8.47. The Hall–Kier alpha value is -6.12. The zero-order valence-electron chi connectivity index (χ0n) is 27.8. The van der Waals surface area contributed by atoms with Crippen LogP contribution >= 0.6 is 0 Å². The molecule has 2 heterocycles. The third-order valence-corrected chi connectivity index (χ3v) is 10.8. The van der Waals surface area contributed by atoms with Crippen molar-refractivity contribution in [3.63, 3.8) is 0 Å². The third kappa shape index (κ3) is 4.56. The van der Waals surface area contributed by atoms with Crippen molar-refractivity contribution in [2.45, 2.75) is 25.2 Å². The highest BCUT2D eigenvalue weighted by Gasteiger charge is 2.28. The van der Waals surface area contributed by atoms with E-state index in [1.807, 2.05) is 0 Å². The predicted molar refractivity (Wildman–Crippen MR) is 212 cm³/mol. The van der Waals surface area contributed by atoms with Crippen LogP contribution < -0.4 is 0 Å². The van der Waals surface area contributed by atoms with E-state index in [1.165, 1.54) is 83.2 Å². The van der Waals surface area contributed by atoms with Gasteiger partial charge in [0.25, 0.3) is 0 Å². The van der Waals surface area contributed by atoms with E-state index in [-0.39, 0.29) is 0 Å². The summed E-state index contributed by atoms with van der Waals surface area (Å²) in [5, 5.41) is 3.96. The number of benzene rings is 6. The molecule has 2 aliphatic carbocycles. The maximum Gasteiger partial charge on any atom is 0.0638 e. The molecule has 2 aromatic heterocycles. The average Bonchev–Trinajstić information content (AvgIpc) is 3.72. The van der Waals surface area contributed by atoms with Crippen molar-refractivity contribution in [2.75, 3.05) is 0 Å². The highest BCUT2D eigenvalue weighted by molar-refractivity contribution is 6.20. The largest absolute Gasteiger partial charge is 0.313 e. The minimum atomic E-state index is 0.294. The maximum atomic E-state index is 2.58. The molecule has 0 amide bonds. The first-order valence-electron chi connectivity index (χ1n) is 17.8. The molecule has 10 rings (SSSR count). The lowest BCUT2D eigenvalue weighted by Gasteiger charge is -2.25. The maximum absolute atomic E-state index is 2.58. The van der Waals surface area contributed by atoms with Crippen LogP contribution in [0.25, 0.3) is 72.4 Å². The Morgan fingerprint density at radius 3 is 2.10 bits per heavy atom. The summed E-state index contributed by atoms with van der Waals surface area (Å²) in [5.74, 6) is 0.294. The highest BCUT2D eigenvalue weighted by Crippen LogP contribution is 2.45. The Labute approximate surface area is 292 Å². The molecule has 1 unspecified atom stereocenters. The molecule has 0 radical (unpaired) electrons. The molecule has 6 aromatic carbocycles. The summed E-state index contributed by atoms with van der Waals surface area (Å²) >= 11 is 0. The highest BCUT2D eigenvalue weighted by atomic mass is 15.0. The molecule has 2 aliphatic rings. The lowest BCUT2D eigenvalue weighted by atomic mass is 9.89. The normalized spacial score (nSPS) is 15.5. The van der Waals surface area contributed by atoms with Crippen molar-refractivity contribution in [1.29, 1.82) is 0 Å². The van der Waals surface area contributed by atoms with Gasteiger partial charge < -0.3 is 9.13 Å². The Balaban J connectivity index is 1.20. The number of aryl methyl sites for hydroxylation is 1. The fraction of sp³-hybridized carbons (Fsp3) is 0.0833. The number of rotatable bonds is 5. The molecule has 0 fully saturated rings. The number of hydrogen-bond acceptors (Lipinski definition) is 0. The van der Waals surface area contributed by atoms with E-state index in [9.17, 15) is 0 Å². The third-order valence-electron chi connectivity index (χ3n) is 10.8. The molecule has 0 saturated carbocycles. The van der Waals surface area contributed by atoms with Gasteiger partial charge in [-0.05, 0) is 89.1 Å². The van der Waals surface area contributed by atoms with E-state index in [2.05, 4.69) is 185 Å². The van der Waals surface area contributed by atoms with Crippen molar-refractivity contribution in [2.24, 2.45) is 0 Å². The summed E-state index contributed by atoms with van der Waals surface area (Å²) in [6.45, 7) is 0. The number of allylic oxidation sites excluding steroid dienone is 5. The van der Waals surface area contributed by atoms with E-state index < -0.39 is 0 Å². The number of nitrogens with zero attached hydrogens (tertiary/aromatic N) is 2. The van der Waals surface area contributed by atoms with Gasteiger partial charge in [0, 0.05) is 39.2 Å². The van der Waals surface area contributed by atoms with Crippen molar-refractivity contribution in [1.82, 2.24) is 9.13 Å². The van der Waals surface area contributed by atoms with Crippen LogP contribution in [0.5, 0.6) is 0 Å². The number of fused-ring (bicyclic) bond motifs is 7. The van der Waals surface area contributed by atoms with Gasteiger partial charge in [-0.1, -0.05) is 140 Å². The second-order valence-electron chi connectivity index (χ2n) is 13.6. The van der Waals surface area contributed by atoms with Gasteiger partial charge in [-0.2, -0.15) is 0 Å². The van der Waals surface area contributed by atoms with E-state index >= 15 is 0 Å². The molecule has 2 nitrogen and oxygen atoms in total. The first kappa shape index (κ1) is 28.9. The van der Waals surface area contributed by atoms with Gasteiger partial charge in [-0.25, -0.2) is 0 Å². The molecule has 2 heteroatoms. The van der Waals surface area contributed by atoms with Gasteiger partial charge >= 0.3 is 0 Å². The Morgan fingerprint density at radius 2 is 1.26 bits per heavy atom. The van der Waals surface area contributed by atoms with E-state index in [1.54, 1.807) is 0 Å². The van der Waals surface area contributed by atoms with E-state index in [4.69, 9.17) is 0 Å². The molecule has 8 aromatic rings. The van der Waals surface area contributed by atoms with Gasteiger partial charge in [0.05, 0.1) is 16.6 Å². The lowest BCUT2D eigenvalue weighted by molar-refractivity contribution is 0.817. The molecule has 0 N–H and O–H groups in total. The molecule has 0 aliphatic heterocycles. The van der Waals surface area contributed by atoms with E-state index in [0.29, 0.717) is 5.92 Å². The van der Waals surface area contributed by atoms with Crippen LogP contribution in [0.2, 0.25) is 0 Å². The van der Waals surface area contributed by atoms with Gasteiger partial charge in [-0.15, -0.1) is 0 Å². The SMILES string of the molecule is C1=CCC(c2ccccc2)C(n2c3c(c4c2ccc2c5ccccc5n(-c5cccc(-c6ccc(-c7ccccc7)cc6)c5)c24)CCC=C3)=C1. The summed E-state index contributed by atoms with van der Waals surface area (Å²) in [6.07, 6.45) is 14.7.